The molecule has 0 aliphatic heterocycles. The highest BCUT2D eigenvalue weighted by atomic mass is 79.9. The SMILES string of the molecule is COC(=O)CC(NC(=O)CCc1ccc(OC)c(Cl)c1)c1cccc(Br)c1. The average Bonchev–Trinajstić information content (AvgIpc) is 2.65. The molecule has 0 aliphatic rings. The van der Waals surface area contributed by atoms with E-state index in [1.807, 2.05) is 30.3 Å². The minimum atomic E-state index is -0.457. The molecule has 0 aromatic heterocycles. The number of carbonyl (C=O) groups excluding carboxylic acids is 2. The second kappa shape index (κ2) is 10.3. The fraction of sp³-hybridized carbons (Fsp3) is 0.300. The number of esters is 1. The van der Waals surface area contributed by atoms with Crippen LogP contribution in [0.2, 0.25) is 5.02 Å². The molecule has 0 saturated heterocycles. The molecule has 144 valence electrons. The minimum absolute atomic E-state index is 0.0626. The average molecular weight is 455 g/mol. The Bertz CT molecular complexity index is 812. The molecule has 0 heterocycles. The summed E-state index contributed by atoms with van der Waals surface area (Å²) < 4.78 is 10.7. The van der Waals surface area contributed by atoms with Crippen LogP contribution >= 0.6 is 27.5 Å². The van der Waals surface area contributed by atoms with Gasteiger partial charge in [0.15, 0.2) is 0 Å². The van der Waals surface area contributed by atoms with Crippen LogP contribution in [0, 0.1) is 0 Å². The molecule has 0 radical (unpaired) electrons. The smallest absolute Gasteiger partial charge is 0.307 e. The van der Waals surface area contributed by atoms with Crippen molar-refractivity contribution in [1.82, 2.24) is 5.32 Å². The second-order valence-electron chi connectivity index (χ2n) is 5.92. The molecular formula is C20H21BrClNO4. The van der Waals surface area contributed by atoms with Gasteiger partial charge in [-0.3, -0.25) is 9.59 Å². The lowest BCUT2D eigenvalue weighted by atomic mass is 10.0. The summed E-state index contributed by atoms with van der Waals surface area (Å²) in [7, 11) is 2.88. The molecule has 27 heavy (non-hydrogen) atoms. The largest absolute Gasteiger partial charge is 0.495 e. The van der Waals surface area contributed by atoms with Crippen LogP contribution in [-0.4, -0.2) is 26.1 Å². The standard InChI is InChI=1S/C20H21BrClNO4/c1-26-18-8-6-13(10-16(18)22)7-9-19(24)23-17(12-20(25)27-2)14-4-3-5-15(21)11-14/h3-6,8,10-11,17H,7,9,12H2,1-2H3,(H,23,24). The van der Waals surface area contributed by atoms with Gasteiger partial charge in [-0.05, 0) is 41.8 Å². The van der Waals surface area contributed by atoms with Crippen LogP contribution in [0.25, 0.3) is 0 Å². The fourth-order valence-corrected chi connectivity index (χ4v) is 3.31. The summed E-state index contributed by atoms with van der Waals surface area (Å²) in [6, 6.07) is 12.5. The van der Waals surface area contributed by atoms with E-state index >= 15 is 0 Å². The zero-order valence-electron chi connectivity index (χ0n) is 15.1. The molecule has 5 nitrogen and oxygen atoms in total. The number of halogens is 2. The van der Waals surface area contributed by atoms with Gasteiger partial charge in [0.1, 0.15) is 5.75 Å². The van der Waals surface area contributed by atoms with E-state index < -0.39 is 6.04 Å². The molecular weight excluding hydrogens is 434 g/mol. The van der Waals surface area contributed by atoms with Crippen molar-refractivity contribution in [2.45, 2.75) is 25.3 Å². The number of carbonyl (C=O) groups is 2. The van der Waals surface area contributed by atoms with E-state index in [0.717, 1.165) is 15.6 Å². The summed E-state index contributed by atoms with van der Waals surface area (Å²) in [6.07, 6.45) is 0.861. The van der Waals surface area contributed by atoms with Crippen molar-refractivity contribution < 1.29 is 19.1 Å². The fourth-order valence-electron chi connectivity index (χ4n) is 2.62. The van der Waals surface area contributed by atoms with Crippen LogP contribution in [-0.2, 0) is 20.7 Å². The Balaban J connectivity index is 2.02. The molecule has 1 unspecified atom stereocenters. The zero-order valence-corrected chi connectivity index (χ0v) is 17.5. The third-order valence-corrected chi connectivity index (χ3v) is 4.83. The molecule has 2 aromatic carbocycles. The maximum Gasteiger partial charge on any atom is 0.307 e. The van der Waals surface area contributed by atoms with Gasteiger partial charge in [-0.15, -0.1) is 0 Å². The summed E-state index contributed by atoms with van der Waals surface area (Å²) in [5.41, 5.74) is 1.76. The van der Waals surface area contributed by atoms with Gasteiger partial charge in [0.05, 0.1) is 31.7 Å². The Kier molecular flexibility index (Phi) is 8.13. The Morgan fingerprint density at radius 3 is 2.59 bits per heavy atom. The monoisotopic (exact) mass is 453 g/mol. The number of ether oxygens (including phenoxy) is 2. The number of amides is 1. The number of benzene rings is 2. The lowest BCUT2D eigenvalue weighted by Gasteiger charge is -2.18. The number of hydrogen-bond donors (Lipinski definition) is 1. The Morgan fingerprint density at radius 2 is 1.96 bits per heavy atom. The maximum absolute atomic E-state index is 12.4. The summed E-state index contributed by atoms with van der Waals surface area (Å²) >= 11 is 9.52. The highest BCUT2D eigenvalue weighted by Crippen LogP contribution is 2.26. The molecule has 1 atom stereocenters. The number of methoxy groups -OCH3 is 2. The Morgan fingerprint density at radius 1 is 1.19 bits per heavy atom. The minimum Gasteiger partial charge on any atom is -0.495 e. The topological polar surface area (TPSA) is 64.6 Å². The molecule has 2 rings (SSSR count). The van der Waals surface area contributed by atoms with Crippen molar-refractivity contribution in [1.29, 1.82) is 0 Å². The Hall–Kier alpha value is -2.05. The van der Waals surface area contributed by atoms with Gasteiger partial charge in [0, 0.05) is 10.9 Å². The predicted octanol–water partition coefficient (Wildman–Crippen LogP) is 4.46. The third-order valence-electron chi connectivity index (χ3n) is 4.04. The maximum atomic E-state index is 12.4. The van der Waals surface area contributed by atoms with Gasteiger partial charge in [-0.1, -0.05) is 45.7 Å². The van der Waals surface area contributed by atoms with Crippen molar-refractivity contribution in [3.8, 4) is 5.75 Å². The van der Waals surface area contributed by atoms with E-state index in [1.165, 1.54) is 7.11 Å². The number of rotatable bonds is 8. The van der Waals surface area contributed by atoms with Crippen LogP contribution in [0.4, 0.5) is 0 Å². The number of hydrogen-bond acceptors (Lipinski definition) is 4. The van der Waals surface area contributed by atoms with E-state index in [1.54, 1.807) is 19.2 Å². The molecule has 0 saturated carbocycles. The first-order valence-electron chi connectivity index (χ1n) is 8.37. The van der Waals surface area contributed by atoms with Crippen LogP contribution in [0.3, 0.4) is 0 Å². The van der Waals surface area contributed by atoms with Gasteiger partial charge in [0.25, 0.3) is 0 Å². The molecule has 7 heteroatoms. The summed E-state index contributed by atoms with van der Waals surface area (Å²) in [5, 5.41) is 3.42. The van der Waals surface area contributed by atoms with Crippen LogP contribution in [0.5, 0.6) is 5.75 Å². The first kappa shape index (κ1) is 21.3. The first-order chi connectivity index (χ1) is 12.9. The van der Waals surface area contributed by atoms with Gasteiger partial charge >= 0.3 is 5.97 Å². The summed E-state index contributed by atoms with van der Waals surface area (Å²) in [6.45, 7) is 0. The molecule has 0 spiro atoms. The third kappa shape index (κ3) is 6.56. The van der Waals surface area contributed by atoms with Crippen LogP contribution in [0.1, 0.15) is 30.0 Å². The van der Waals surface area contributed by atoms with Crippen molar-refractivity contribution in [2.24, 2.45) is 0 Å². The van der Waals surface area contributed by atoms with Crippen molar-refractivity contribution >= 4 is 39.4 Å². The van der Waals surface area contributed by atoms with Crippen LogP contribution in [0.15, 0.2) is 46.9 Å². The van der Waals surface area contributed by atoms with Crippen molar-refractivity contribution in [2.75, 3.05) is 14.2 Å². The van der Waals surface area contributed by atoms with E-state index in [0.29, 0.717) is 17.2 Å². The van der Waals surface area contributed by atoms with Crippen molar-refractivity contribution in [3.63, 3.8) is 0 Å². The lowest BCUT2D eigenvalue weighted by Crippen LogP contribution is -2.30. The normalized spacial score (nSPS) is 11.6. The van der Waals surface area contributed by atoms with E-state index in [4.69, 9.17) is 21.1 Å². The van der Waals surface area contributed by atoms with Gasteiger partial charge in [-0.2, -0.15) is 0 Å². The molecule has 0 fully saturated rings. The summed E-state index contributed by atoms with van der Waals surface area (Å²) in [5.74, 6) is 0.0516. The van der Waals surface area contributed by atoms with Crippen LogP contribution < -0.4 is 10.1 Å². The van der Waals surface area contributed by atoms with E-state index in [-0.39, 0.29) is 24.7 Å². The molecule has 2 aromatic rings. The number of nitrogens with one attached hydrogen (secondary N) is 1. The van der Waals surface area contributed by atoms with E-state index in [2.05, 4.69) is 21.2 Å². The second-order valence-corrected chi connectivity index (χ2v) is 7.25. The molecule has 1 amide bonds. The van der Waals surface area contributed by atoms with Gasteiger partial charge in [0.2, 0.25) is 5.91 Å². The molecule has 0 aliphatic carbocycles. The summed E-state index contributed by atoms with van der Waals surface area (Å²) in [4.78, 5) is 24.2. The highest BCUT2D eigenvalue weighted by molar-refractivity contribution is 9.10. The van der Waals surface area contributed by atoms with Crippen molar-refractivity contribution in [3.05, 3.63) is 63.1 Å². The predicted molar refractivity (Wildman–Crippen MR) is 108 cm³/mol. The van der Waals surface area contributed by atoms with Gasteiger partial charge < -0.3 is 14.8 Å². The first-order valence-corrected chi connectivity index (χ1v) is 9.54. The molecule has 1 N–H and O–H groups in total. The zero-order chi connectivity index (χ0) is 19.8. The van der Waals surface area contributed by atoms with Gasteiger partial charge in [-0.25, -0.2) is 0 Å². The van der Waals surface area contributed by atoms with E-state index in [9.17, 15) is 9.59 Å². The highest BCUT2D eigenvalue weighted by Gasteiger charge is 2.19. The molecule has 0 bridgehead atoms. The number of aryl methyl sites for hydroxylation is 1. The Labute approximate surface area is 172 Å². The lowest BCUT2D eigenvalue weighted by molar-refractivity contribution is -0.141. The quantitative estimate of drug-likeness (QED) is 0.598.